The third-order valence-electron chi connectivity index (χ3n) is 4.59. The van der Waals surface area contributed by atoms with E-state index in [0.717, 1.165) is 41.8 Å². The van der Waals surface area contributed by atoms with E-state index in [2.05, 4.69) is 26.1 Å². The van der Waals surface area contributed by atoms with Gasteiger partial charge in [-0.05, 0) is 29.3 Å². The molecule has 2 aromatic carbocycles. The zero-order chi connectivity index (χ0) is 18.7. The molecule has 1 N–H and O–H groups in total. The number of halogens is 3. The molecule has 1 saturated heterocycles. The lowest BCUT2D eigenvalue weighted by Crippen LogP contribution is -2.45. The van der Waals surface area contributed by atoms with E-state index in [0.29, 0.717) is 21.5 Å². The van der Waals surface area contributed by atoms with E-state index in [1.54, 1.807) is 14.2 Å². The molecule has 0 aliphatic carbocycles. The summed E-state index contributed by atoms with van der Waals surface area (Å²) in [6.07, 6.45) is 0. The number of ether oxygens (including phenoxy) is 2. The maximum Gasteiger partial charge on any atom is 0.161 e. The first-order valence-electron chi connectivity index (χ1n) is 8.37. The van der Waals surface area contributed by atoms with E-state index in [-0.39, 0.29) is 6.04 Å². The molecule has 2 aromatic rings. The molecule has 0 amide bonds. The van der Waals surface area contributed by atoms with Gasteiger partial charge in [0.2, 0.25) is 0 Å². The van der Waals surface area contributed by atoms with E-state index < -0.39 is 0 Å². The van der Waals surface area contributed by atoms with Gasteiger partial charge in [0.05, 0.1) is 30.3 Å². The molecule has 0 saturated carbocycles. The van der Waals surface area contributed by atoms with Gasteiger partial charge in [-0.2, -0.15) is 0 Å². The molecule has 3 rings (SSSR count). The normalized spacial score (nSPS) is 16.3. The van der Waals surface area contributed by atoms with E-state index in [9.17, 15) is 0 Å². The van der Waals surface area contributed by atoms with Crippen LogP contribution in [-0.4, -0.2) is 45.3 Å². The molecule has 26 heavy (non-hydrogen) atoms. The molecule has 7 heteroatoms. The van der Waals surface area contributed by atoms with Gasteiger partial charge in [-0.25, -0.2) is 0 Å². The number of methoxy groups -OCH3 is 2. The van der Waals surface area contributed by atoms with Crippen LogP contribution in [0.1, 0.15) is 17.2 Å². The van der Waals surface area contributed by atoms with E-state index in [1.165, 1.54) is 0 Å². The molecule has 140 valence electrons. The lowest BCUT2D eigenvalue weighted by atomic mass is 9.95. The topological polar surface area (TPSA) is 33.7 Å². The summed E-state index contributed by atoms with van der Waals surface area (Å²) in [6.45, 7) is 3.68. The van der Waals surface area contributed by atoms with Gasteiger partial charge in [0.15, 0.2) is 11.5 Å². The van der Waals surface area contributed by atoms with Gasteiger partial charge >= 0.3 is 0 Å². The van der Waals surface area contributed by atoms with Gasteiger partial charge < -0.3 is 14.8 Å². The van der Waals surface area contributed by atoms with Crippen molar-refractivity contribution in [2.75, 3.05) is 40.4 Å². The summed E-state index contributed by atoms with van der Waals surface area (Å²) in [5.74, 6) is 1.36. The second kappa shape index (κ2) is 8.81. The molecule has 4 nitrogen and oxygen atoms in total. The lowest BCUT2D eigenvalue weighted by Gasteiger charge is -2.36. The van der Waals surface area contributed by atoms with Gasteiger partial charge in [0.1, 0.15) is 0 Å². The minimum Gasteiger partial charge on any atom is -0.493 e. The van der Waals surface area contributed by atoms with Gasteiger partial charge in [0.25, 0.3) is 0 Å². The van der Waals surface area contributed by atoms with Gasteiger partial charge in [0, 0.05) is 30.7 Å². The Morgan fingerprint density at radius 2 is 1.69 bits per heavy atom. The Balaban J connectivity index is 2.16. The number of hydrogen-bond acceptors (Lipinski definition) is 4. The summed E-state index contributed by atoms with van der Waals surface area (Å²) in [5, 5.41) is 4.54. The van der Waals surface area contributed by atoms with Crippen LogP contribution in [-0.2, 0) is 0 Å². The highest BCUT2D eigenvalue weighted by molar-refractivity contribution is 9.10. The maximum atomic E-state index is 6.60. The molecular formula is C19H21BrCl2N2O2. The molecule has 1 aliphatic rings. The molecule has 0 aromatic heterocycles. The molecule has 0 radical (unpaired) electrons. The number of benzene rings is 2. The molecule has 1 atom stereocenters. The van der Waals surface area contributed by atoms with Crippen molar-refractivity contribution in [3.8, 4) is 11.5 Å². The average molecular weight is 460 g/mol. The van der Waals surface area contributed by atoms with Crippen LogP contribution in [0, 0.1) is 0 Å². The van der Waals surface area contributed by atoms with Crippen LogP contribution >= 0.6 is 39.1 Å². The van der Waals surface area contributed by atoms with Gasteiger partial charge in [-0.15, -0.1) is 0 Å². The molecular weight excluding hydrogens is 439 g/mol. The highest BCUT2D eigenvalue weighted by Crippen LogP contribution is 2.43. The molecule has 1 fully saturated rings. The molecule has 1 aliphatic heterocycles. The highest BCUT2D eigenvalue weighted by Gasteiger charge is 2.29. The molecule has 0 bridgehead atoms. The monoisotopic (exact) mass is 458 g/mol. The van der Waals surface area contributed by atoms with E-state index in [4.69, 9.17) is 32.7 Å². The Bertz CT molecular complexity index is 782. The maximum absolute atomic E-state index is 6.60. The first-order chi connectivity index (χ1) is 12.6. The van der Waals surface area contributed by atoms with E-state index in [1.807, 2.05) is 30.3 Å². The van der Waals surface area contributed by atoms with Crippen molar-refractivity contribution in [3.63, 3.8) is 0 Å². The SMILES string of the molecule is COc1cc(Br)c(C(c2cccc(Cl)c2Cl)N2CCNCC2)cc1OC. The van der Waals surface area contributed by atoms with Crippen LogP contribution in [0.4, 0.5) is 0 Å². The molecule has 1 unspecified atom stereocenters. The standard InChI is InChI=1S/C19H21BrCl2N2O2/c1-25-16-10-13(14(20)11-17(16)26-2)19(24-8-6-23-7-9-24)12-4-3-5-15(21)18(12)22/h3-5,10-11,19,23H,6-9H2,1-2H3. The Morgan fingerprint density at radius 3 is 2.35 bits per heavy atom. The number of hydrogen-bond donors (Lipinski definition) is 1. The summed E-state index contributed by atoms with van der Waals surface area (Å²) in [5.41, 5.74) is 2.04. The fourth-order valence-electron chi connectivity index (χ4n) is 3.31. The van der Waals surface area contributed by atoms with Crippen LogP contribution < -0.4 is 14.8 Å². The lowest BCUT2D eigenvalue weighted by molar-refractivity contribution is 0.197. The number of nitrogens with zero attached hydrogens (tertiary/aromatic N) is 1. The Hall–Kier alpha value is -0.980. The largest absolute Gasteiger partial charge is 0.493 e. The second-order valence-electron chi connectivity index (χ2n) is 6.06. The fraction of sp³-hybridized carbons (Fsp3) is 0.368. The highest BCUT2D eigenvalue weighted by atomic mass is 79.9. The summed E-state index contributed by atoms with van der Waals surface area (Å²) in [6, 6.07) is 9.68. The minimum atomic E-state index is -0.0440. The van der Waals surface area contributed by atoms with Crippen molar-refractivity contribution in [3.05, 3.63) is 56.0 Å². The summed E-state index contributed by atoms with van der Waals surface area (Å²) < 4.78 is 11.9. The van der Waals surface area contributed by atoms with E-state index >= 15 is 0 Å². The second-order valence-corrected chi connectivity index (χ2v) is 7.70. The first kappa shape index (κ1) is 19.8. The first-order valence-corrected chi connectivity index (χ1v) is 9.91. The number of piperazine rings is 1. The van der Waals surface area contributed by atoms with Crippen LogP contribution in [0.25, 0.3) is 0 Å². The quantitative estimate of drug-likeness (QED) is 0.698. The van der Waals surface area contributed by atoms with Crippen molar-refractivity contribution in [1.82, 2.24) is 10.2 Å². The number of nitrogens with one attached hydrogen (secondary N) is 1. The molecule has 0 spiro atoms. The van der Waals surface area contributed by atoms with Crippen molar-refractivity contribution < 1.29 is 9.47 Å². The molecule has 1 heterocycles. The fourth-order valence-corrected chi connectivity index (χ4v) is 4.26. The van der Waals surface area contributed by atoms with Crippen molar-refractivity contribution in [2.45, 2.75) is 6.04 Å². The average Bonchev–Trinajstić information content (AvgIpc) is 2.67. The zero-order valence-corrected chi connectivity index (χ0v) is 17.8. The summed E-state index contributed by atoms with van der Waals surface area (Å²) in [7, 11) is 3.27. The van der Waals surface area contributed by atoms with Crippen molar-refractivity contribution in [1.29, 1.82) is 0 Å². The Morgan fingerprint density at radius 1 is 1.04 bits per heavy atom. The Labute approximate surface area is 172 Å². The van der Waals surface area contributed by atoms with Crippen LogP contribution in [0.2, 0.25) is 10.0 Å². The smallest absolute Gasteiger partial charge is 0.161 e. The third kappa shape index (κ3) is 3.97. The summed E-state index contributed by atoms with van der Waals surface area (Å²) in [4.78, 5) is 2.40. The Kier molecular flexibility index (Phi) is 6.70. The van der Waals surface area contributed by atoms with Crippen molar-refractivity contribution >= 4 is 39.1 Å². The van der Waals surface area contributed by atoms with Crippen LogP contribution in [0.15, 0.2) is 34.8 Å². The third-order valence-corrected chi connectivity index (χ3v) is 6.11. The predicted molar refractivity (Wildman–Crippen MR) is 110 cm³/mol. The zero-order valence-electron chi connectivity index (χ0n) is 14.7. The van der Waals surface area contributed by atoms with Crippen LogP contribution in [0.3, 0.4) is 0 Å². The van der Waals surface area contributed by atoms with Gasteiger partial charge in [-0.3, -0.25) is 4.90 Å². The minimum absolute atomic E-state index is 0.0440. The van der Waals surface area contributed by atoms with Crippen molar-refractivity contribution in [2.24, 2.45) is 0 Å². The number of rotatable bonds is 5. The van der Waals surface area contributed by atoms with Gasteiger partial charge in [-0.1, -0.05) is 51.3 Å². The van der Waals surface area contributed by atoms with Crippen LogP contribution in [0.5, 0.6) is 11.5 Å². The predicted octanol–water partition coefficient (Wildman–Crippen LogP) is 4.77. The summed E-state index contributed by atoms with van der Waals surface area (Å²) >= 11 is 16.6.